The van der Waals surface area contributed by atoms with Crippen LogP contribution < -0.4 is 0 Å². The third-order valence-electron chi connectivity index (χ3n) is 6.57. The van der Waals surface area contributed by atoms with Crippen molar-refractivity contribution in [1.82, 2.24) is 0 Å². The van der Waals surface area contributed by atoms with Crippen LogP contribution in [0.3, 0.4) is 0 Å². The van der Waals surface area contributed by atoms with Crippen molar-refractivity contribution in [1.29, 1.82) is 0 Å². The molecule has 0 spiro atoms. The second-order valence-electron chi connectivity index (χ2n) is 9.79. The lowest BCUT2D eigenvalue weighted by Gasteiger charge is -2.54. The molecule has 2 fully saturated rings. The molecule has 0 saturated heterocycles. The van der Waals surface area contributed by atoms with Crippen molar-refractivity contribution in [2.24, 2.45) is 23.2 Å². The van der Waals surface area contributed by atoms with Gasteiger partial charge in [-0.2, -0.15) is 0 Å². The zero-order valence-electron chi connectivity index (χ0n) is 17.3. The highest BCUT2D eigenvalue weighted by Gasteiger charge is 2.48. The smallest absolute Gasteiger partial charge is 0.317 e. The fourth-order valence-corrected chi connectivity index (χ4v) is 6.04. The number of carbonyl (C=O) groups is 1. The van der Waals surface area contributed by atoms with E-state index in [2.05, 4.69) is 27.4 Å². The Labute approximate surface area is 156 Å². The Balaban J connectivity index is 2.02. The van der Waals surface area contributed by atoms with Gasteiger partial charge >= 0.3 is 5.97 Å². The number of carbonyl (C=O) groups excluding carboxylic acids is 1. The first-order valence-corrected chi connectivity index (χ1v) is 13.5. The van der Waals surface area contributed by atoms with Gasteiger partial charge in [-0.1, -0.05) is 44.4 Å². The molecule has 0 heterocycles. The van der Waals surface area contributed by atoms with E-state index < -0.39 is 8.32 Å². The average molecular weight is 363 g/mol. The molecular formula is C22H38O2Si. The normalized spacial score (nSPS) is 33.8. The highest BCUT2D eigenvalue weighted by atomic mass is 28.4. The molecule has 0 bridgehead atoms. The van der Waals surface area contributed by atoms with E-state index in [-0.39, 0.29) is 5.97 Å². The average Bonchev–Trinajstić information content (AvgIpc) is 2.43. The molecule has 0 N–H and O–H groups in total. The minimum Gasteiger partial charge on any atom is -0.517 e. The van der Waals surface area contributed by atoms with Crippen molar-refractivity contribution >= 4 is 14.3 Å². The molecule has 0 amide bonds. The zero-order valence-corrected chi connectivity index (χ0v) is 18.3. The Kier molecular flexibility index (Phi) is 6.40. The molecule has 2 saturated carbocycles. The molecule has 25 heavy (non-hydrogen) atoms. The van der Waals surface area contributed by atoms with Crippen LogP contribution in [-0.2, 0) is 9.22 Å². The first-order chi connectivity index (χ1) is 11.5. The largest absolute Gasteiger partial charge is 0.517 e. The molecule has 2 rings (SSSR count). The SMILES string of the molecule is C=C1CCC2C(C)CCC[C@@]2(C)C1CC/C(C)=C/C(=O)O[Si](C)(C)C. The summed E-state index contributed by atoms with van der Waals surface area (Å²) in [4.78, 5) is 12.0. The van der Waals surface area contributed by atoms with Crippen LogP contribution in [0.1, 0.15) is 65.7 Å². The van der Waals surface area contributed by atoms with Gasteiger partial charge in [0.2, 0.25) is 8.32 Å². The summed E-state index contributed by atoms with van der Waals surface area (Å²) < 4.78 is 5.55. The predicted molar refractivity (Wildman–Crippen MR) is 109 cm³/mol. The number of fused-ring (bicyclic) bond motifs is 1. The number of hydrogen-bond acceptors (Lipinski definition) is 2. The first-order valence-electron chi connectivity index (χ1n) is 10.1. The molecule has 3 heteroatoms. The van der Waals surface area contributed by atoms with Crippen LogP contribution in [0.25, 0.3) is 0 Å². The lowest BCUT2D eigenvalue weighted by molar-refractivity contribution is -0.129. The van der Waals surface area contributed by atoms with Crippen molar-refractivity contribution in [3.05, 3.63) is 23.8 Å². The third-order valence-corrected chi connectivity index (χ3v) is 7.39. The first kappa shape index (κ1) is 20.5. The van der Waals surface area contributed by atoms with Gasteiger partial charge in [-0.05, 0) is 81.8 Å². The molecule has 0 aliphatic heterocycles. The van der Waals surface area contributed by atoms with Crippen molar-refractivity contribution in [3.8, 4) is 0 Å². The summed E-state index contributed by atoms with van der Waals surface area (Å²) in [6.07, 6.45) is 10.4. The third kappa shape index (κ3) is 5.09. The van der Waals surface area contributed by atoms with Crippen LogP contribution in [0.5, 0.6) is 0 Å². The lowest BCUT2D eigenvalue weighted by Crippen LogP contribution is -2.45. The van der Waals surface area contributed by atoms with E-state index >= 15 is 0 Å². The topological polar surface area (TPSA) is 26.3 Å². The molecule has 2 aliphatic rings. The van der Waals surface area contributed by atoms with Gasteiger partial charge in [0.15, 0.2) is 0 Å². The second kappa shape index (κ2) is 7.81. The fraction of sp³-hybridized carbons (Fsp3) is 0.773. The number of hydrogen-bond donors (Lipinski definition) is 0. The zero-order chi connectivity index (χ0) is 18.8. The highest BCUT2D eigenvalue weighted by molar-refractivity contribution is 6.71. The predicted octanol–water partition coefficient (Wildman–Crippen LogP) is 6.50. The number of allylic oxidation sites excluding steroid dienone is 2. The molecule has 3 unspecified atom stereocenters. The van der Waals surface area contributed by atoms with Gasteiger partial charge in [0.25, 0.3) is 0 Å². The van der Waals surface area contributed by atoms with Crippen LogP contribution in [0.2, 0.25) is 19.6 Å². The monoisotopic (exact) mass is 362 g/mol. The van der Waals surface area contributed by atoms with E-state index in [1.807, 2.05) is 19.6 Å². The van der Waals surface area contributed by atoms with E-state index in [0.29, 0.717) is 11.3 Å². The van der Waals surface area contributed by atoms with Crippen molar-refractivity contribution in [2.75, 3.05) is 0 Å². The van der Waals surface area contributed by atoms with E-state index in [0.717, 1.165) is 30.3 Å². The Morgan fingerprint density at radius 3 is 2.68 bits per heavy atom. The molecule has 142 valence electrons. The standard InChI is InChI=1S/C22H38O2Si/c1-16(15-21(23)24-25(5,6)7)10-12-19-18(3)11-13-20-17(2)9-8-14-22(19,20)4/h15,17,19-20H,3,8-14H2,1-2,4-7H3/b16-15+/t17?,19?,20?,22-/m0/s1. The maximum Gasteiger partial charge on any atom is 0.317 e. The van der Waals surface area contributed by atoms with Crippen LogP contribution >= 0.6 is 0 Å². The summed E-state index contributed by atoms with van der Waals surface area (Å²) in [7, 11) is -1.80. The maximum absolute atomic E-state index is 12.0. The summed E-state index contributed by atoms with van der Waals surface area (Å²) in [5.41, 5.74) is 3.00. The van der Waals surface area contributed by atoms with E-state index in [9.17, 15) is 4.79 Å². The van der Waals surface area contributed by atoms with Gasteiger partial charge in [0.1, 0.15) is 0 Å². The summed E-state index contributed by atoms with van der Waals surface area (Å²) in [6, 6.07) is 0. The van der Waals surface area contributed by atoms with Gasteiger partial charge in [-0.25, -0.2) is 4.79 Å². The van der Waals surface area contributed by atoms with Gasteiger partial charge in [0.05, 0.1) is 0 Å². The van der Waals surface area contributed by atoms with Crippen molar-refractivity contribution in [2.45, 2.75) is 85.4 Å². The Hall–Kier alpha value is -0.833. The van der Waals surface area contributed by atoms with Gasteiger partial charge in [-0.15, -0.1) is 0 Å². The number of rotatable bonds is 5. The Morgan fingerprint density at radius 1 is 1.36 bits per heavy atom. The summed E-state index contributed by atoms with van der Waals surface area (Å²) in [6.45, 7) is 17.6. The molecule has 2 nitrogen and oxygen atoms in total. The van der Waals surface area contributed by atoms with Crippen molar-refractivity contribution < 1.29 is 9.22 Å². The van der Waals surface area contributed by atoms with Crippen LogP contribution in [0, 0.1) is 23.2 Å². The van der Waals surface area contributed by atoms with Crippen molar-refractivity contribution in [3.63, 3.8) is 0 Å². The Morgan fingerprint density at radius 2 is 2.04 bits per heavy atom. The molecule has 0 aromatic rings. The van der Waals surface area contributed by atoms with Crippen LogP contribution in [-0.4, -0.2) is 14.3 Å². The molecule has 2 aliphatic carbocycles. The van der Waals surface area contributed by atoms with Gasteiger partial charge in [-0.3, -0.25) is 0 Å². The molecular weight excluding hydrogens is 324 g/mol. The minimum atomic E-state index is -1.80. The Bertz CT molecular complexity index is 543. The molecule has 0 aromatic heterocycles. The molecule has 0 radical (unpaired) electrons. The minimum absolute atomic E-state index is 0.158. The summed E-state index contributed by atoms with van der Waals surface area (Å²) >= 11 is 0. The molecule has 4 atom stereocenters. The maximum atomic E-state index is 12.0. The highest BCUT2D eigenvalue weighted by Crippen LogP contribution is 2.57. The van der Waals surface area contributed by atoms with E-state index in [1.54, 1.807) is 6.08 Å². The van der Waals surface area contributed by atoms with Crippen LogP contribution in [0.4, 0.5) is 0 Å². The van der Waals surface area contributed by atoms with E-state index in [4.69, 9.17) is 4.43 Å². The lowest BCUT2D eigenvalue weighted by atomic mass is 9.51. The quantitative estimate of drug-likeness (QED) is 0.317. The van der Waals surface area contributed by atoms with E-state index in [1.165, 1.54) is 37.7 Å². The fourth-order valence-electron chi connectivity index (χ4n) is 5.38. The second-order valence-corrected chi connectivity index (χ2v) is 14.2. The van der Waals surface area contributed by atoms with Gasteiger partial charge in [0, 0.05) is 6.08 Å². The summed E-state index contributed by atoms with van der Waals surface area (Å²) in [5.74, 6) is 2.13. The molecule has 0 aromatic carbocycles. The summed E-state index contributed by atoms with van der Waals surface area (Å²) in [5, 5.41) is 0. The van der Waals surface area contributed by atoms with Crippen LogP contribution in [0.15, 0.2) is 23.8 Å². The van der Waals surface area contributed by atoms with Gasteiger partial charge < -0.3 is 4.43 Å².